The number of hydrogen-bond acceptors (Lipinski definition) is 3. The summed E-state index contributed by atoms with van der Waals surface area (Å²) in [6.07, 6.45) is 4.42. The Bertz CT molecular complexity index is 921. The molecule has 5 nitrogen and oxygen atoms in total. The molecule has 4 rings (SSSR count). The Morgan fingerprint density at radius 1 is 0.969 bits per heavy atom. The number of nitrogens with zero attached hydrogens (tertiary/aromatic N) is 2. The van der Waals surface area contributed by atoms with Crippen molar-refractivity contribution in [1.29, 1.82) is 0 Å². The topological polar surface area (TPSA) is 52.7 Å². The molecular formula is C25H29ClFN3O2. The van der Waals surface area contributed by atoms with Gasteiger partial charge >= 0.3 is 0 Å². The van der Waals surface area contributed by atoms with Crippen molar-refractivity contribution < 1.29 is 14.0 Å². The molecule has 2 fully saturated rings. The first-order chi connectivity index (χ1) is 15.5. The van der Waals surface area contributed by atoms with Gasteiger partial charge in [-0.05, 0) is 60.7 Å². The molecule has 1 N–H and O–H groups in total. The highest BCUT2D eigenvalue weighted by Crippen LogP contribution is 2.31. The van der Waals surface area contributed by atoms with E-state index in [0.29, 0.717) is 49.2 Å². The monoisotopic (exact) mass is 457 g/mol. The van der Waals surface area contributed by atoms with Crippen molar-refractivity contribution in [2.24, 2.45) is 5.92 Å². The minimum Gasteiger partial charge on any atom is -0.351 e. The maximum atomic E-state index is 13.2. The van der Waals surface area contributed by atoms with Gasteiger partial charge in [-0.25, -0.2) is 4.39 Å². The first-order valence-corrected chi connectivity index (χ1v) is 11.7. The molecular weight excluding hydrogens is 429 g/mol. The number of amides is 2. The standard InChI is InChI=1S/C25H29ClFN3O2/c26-21-9-7-20(8-10-21)25(32)30-15-13-29(14-16-30)23(19-3-1-2-4-19)24(31)28-17-18-5-11-22(27)12-6-18/h5-12,19,23H,1-4,13-17H2,(H,28,31)/t23-/m1/s1. The maximum Gasteiger partial charge on any atom is 0.253 e. The van der Waals surface area contributed by atoms with Crippen LogP contribution in [-0.4, -0.2) is 53.8 Å². The number of piperazine rings is 1. The van der Waals surface area contributed by atoms with E-state index < -0.39 is 0 Å². The molecule has 0 bridgehead atoms. The molecule has 1 aliphatic heterocycles. The van der Waals surface area contributed by atoms with Gasteiger partial charge in [0.15, 0.2) is 0 Å². The highest BCUT2D eigenvalue weighted by atomic mass is 35.5. The molecule has 7 heteroatoms. The summed E-state index contributed by atoms with van der Waals surface area (Å²) < 4.78 is 13.1. The van der Waals surface area contributed by atoms with Crippen molar-refractivity contribution in [3.05, 3.63) is 70.5 Å². The summed E-state index contributed by atoms with van der Waals surface area (Å²) in [6.45, 7) is 2.91. The highest BCUT2D eigenvalue weighted by molar-refractivity contribution is 6.30. The zero-order valence-corrected chi connectivity index (χ0v) is 18.9. The van der Waals surface area contributed by atoms with E-state index >= 15 is 0 Å². The van der Waals surface area contributed by atoms with Crippen molar-refractivity contribution in [2.75, 3.05) is 26.2 Å². The minimum absolute atomic E-state index is 0.000468. The molecule has 2 aromatic rings. The summed E-state index contributed by atoms with van der Waals surface area (Å²) in [4.78, 5) is 30.1. The lowest BCUT2D eigenvalue weighted by Gasteiger charge is -2.40. The smallest absolute Gasteiger partial charge is 0.253 e. The molecule has 1 atom stereocenters. The first kappa shape index (κ1) is 22.7. The molecule has 0 spiro atoms. The van der Waals surface area contributed by atoms with Crippen LogP contribution in [-0.2, 0) is 11.3 Å². The van der Waals surface area contributed by atoms with Crippen molar-refractivity contribution in [1.82, 2.24) is 15.1 Å². The molecule has 2 amide bonds. The highest BCUT2D eigenvalue weighted by Gasteiger charge is 2.37. The molecule has 0 unspecified atom stereocenters. The van der Waals surface area contributed by atoms with Gasteiger partial charge in [-0.2, -0.15) is 0 Å². The Balaban J connectivity index is 1.38. The quantitative estimate of drug-likeness (QED) is 0.710. The van der Waals surface area contributed by atoms with Crippen LogP contribution in [0.3, 0.4) is 0 Å². The number of rotatable bonds is 6. The van der Waals surface area contributed by atoms with Gasteiger partial charge in [-0.15, -0.1) is 0 Å². The molecule has 0 aromatic heterocycles. The molecule has 0 radical (unpaired) electrons. The lowest BCUT2D eigenvalue weighted by molar-refractivity contribution is -0.129. The maximum absolute atomic E-state index is 13.2. The van der Waals surface area contributed by atoms with Crippen LogP contribution in [0.2, 0.25) is 5.02 Å². The fraction of sp³-hybridized carbons (Fsp3) is 0.440. The number of halogens is 2. The van der Waals surface area contributed by atoms with Crippen LogP contribution in [0.1, 0.15) is 41.6 Å². The SMILES string of the molecule is O=C(NCc1ccc(F)cc1)[C@@H](C1CCCC1)N1CCN(C(=O)c2ccc(Cl)cc2)CC1. The summed E-state index contributed by atoms with van der Waals surface area (Å²) in [5.41, 5.74) is 1.51. The third-order valence-electron chi connectivity index (χ3n) is 6.58. The second kappa shape index (κ2) is 10.5. The van der Waals surface area contributed by atoms with E-state index in [0.717, 1.165) is 31.2 Å². The molecule has 170 valence electrons. The zero-order chi connectivity index (χ0) is 22.5. The molecule has 2 aromatic carbocycles. The summed E-state index contributed by atoms with van der Waals surface area (Å²) in [7, 11) is 0. The largest absolute Gasteiger partial charge is 0.351 e. The fourth-order valence-corrected chi connectivity index (χ4v) is 4.95. The molecule has 1 saturated heterocycles. The predicted molar refractivity (Wildman–Crippen MR) is 123 cm³/mol. The summed E-state index contributed by atoms with van der Waals surface area (Å²) >= 11 is 5.93. The van der Waals surface area contributed by atoms with Crippen LogP contribution in [0, 0.1) is 11.7 Å². The molecule has 1 saturated carbocycles. The fourth-order valence-electron chi connectivity index (χ4n) is 4.83. The van der Waals surface area contributed by atoms with Crippen molar-refractivity contribution in [3.8, 4) is 0 Å². The summed E-state index contributed by atoms with van der Waals surface area (Å²) in [5, 5.41) is 3.67. The van der Waals surface area contributed by atoms with Gasteiger partial charge in [-0.1, -0.05) is 36.6 Å². The van der Waals surface area contributed by atoms with E-state index in [1.807, 2.05) is 4.90 Å². The third-order valence-corrected chi connectivity index (χ3v) is 6.83. The second-order valence-corrected chi connectivity index (χ2v) is 9.11. The summed E-state index contributed by atoms with van der Waals surface area (Å²) in [5.74, 6) is 0.0786. The number of hydrogen-bond donors (Lipinski definition) is 1. The average Bonchev–Trinajstić information content (AvgIpc) is 3.34. The summed E-state index contributed by atoms with van der Waals surface area (Å²) in [6, 6.07) is 13.0. The molecule has 2 aliphatic rings. The van der Waals surface area contributed by atoms with Gasteiger partial charge in [0.1, 0.15) is 5.82 Å². The number of carbonyl (C=O) groups is 2. The Morgan fingerprint density at radius 3 is 2.22 bits per heavy atom. The number of carbonyl (C=O) groups excluding carboxylic acids is 2. The van der Waals surface area contributed by atoms with Crippen LogP contribution in [0.25, 0.3) is 0 Å². The molecule has 1 aliphatic carbocycles. The van der Waals surface area contributed by atoms with Crippen LogP contribution in [0.5, 0.6) is 0 Å². The van der Waals surface area contributed by atoms with Crippen LogP contribution in [0.15, 0.2) is 48.5 Å². The van der Waals surface area contributed by atoms with Gasteiger partial charge in [0.25, 0.3) is 5.91 Å². The van der Waals surface area contributed by atoms with Gasteiger partial charge < -0.3 is 10.2 Å². The van der Waals surface area contributed by atoms with Gasteiger partial charge in [-0.3, -0.25) is 14.5 Å². The van der Waals surface area contributed by atoms with Crippen molar-refractivity contribution >= 4 is 23.4 Å². The van der Waals surface area contributed by atoms with E-state index in [1.165, 1.54) is 12.1 Å². The lowest BCUT2D eigenvalue weighted by Crippen LogP contribution is -2.57. The van der Waals surface area contributed by atoms with Crippen LogP contribution in [0.4, 0.5) is 4.39 Å². The normalized spacial score (nSPS) is 18.5. The van der Waals surface area contributed by atoms with Crippen LogP contribution >= 0.6 is 11.6 Å². The Morgan fingerprint density at radius 2 is 1.59 bits per heavy atom. The second-order valence-electron chi connectivity index (χ2n) is 8.67. The van der Waals surface area contributed by atoms with Gasteiger partial charge in [0.05, 0.1) is 6.04 Å². The predicted octanol–water partition coefficient (Wildman–Crippen LogP) is 4.11. The Kier molecular flexibility index (Phi) is 7.43. The van der Waals surface area contributed by atoms with Gasteiger partial charge in [0, 0.05) is 43.3 Å². The van der Waals surface area contributed by atoms with Crippen molar-refractivity contribution in [3.63, 3.8) is 0 Å². The van der Waals surface area contributed by atoms with E-state index in [-0.39, 0.29) is 23.7 Å². The van der Waals surface area contributed by atoms with Crippen molar-refractivity contribution in [2.45, 2.75) is 38.3 Å². The Hall–Kier alpha value is -2.44. The molecule has 1 heterocycles. The number of benzene rings is 2. The average molecular weight is 458 g/mol. The van der Waals surface area contributed by atoms with E-state index in [9.17, 15) is 14.0 Å². The zero-order valence-electron chi connectivity index (χ0n) is 18.1. The van der Waals surface area contributed by atoms with E-state index in [1.54, 1.807) is 36.4 Å². The Labute approximate surface area is 193 Å². The molecule has 32 heavy (non-hydrogen) atoms. The third kappa shape index (κ3) is 5.48. The first-order valence-electron chi connectivity index (χ1n) is 11.3. The van der Waals surface area contributed by atoms with Crippen LogP contribution < -0.4 is 5.32 Å². The van der Waals surface area contributed by atoms with E-state index in [4.69, 9.17) is 11.6 Å². The van der Waals surface area contributed by atoms with E-state index in [2.05, 4.69) is 10.2 Å². The minimum atomic E-state index is -0.282. The number of nitrogens with one attached hydrogen (secondary N) is 1. The lowest BCUT2D eigenvalue weighted by atomic mass is 9.94. The van der Waals surface area contributed by atoms with Gasteiger partial charge in [0.2, 0.25) is 5.91 Å².